The van der Waals surface area contributed by atoms with Crippen molar-refractivity contribution in [3.63, 3.8) is 0 Å². The second kappa shape index (κ2) is 9.14. The molecule has 0 unspecified atom stereocenters. The van der Waals surface area contributed by atoms with Crippen LogP contribution < -0.4 is 4.74 Å². The Bertz CT molecular complexity index is 1010. The van der Waals surface area contributed by atoms with E-state index in [2.05, 4.69) is 5.16 Å². The summed E-state index contributed by atoms with van der Waals surface area (Å²) < 4.78 is 11.7. The highest BCUT2D eigenvalue weighted by Crippen LogP contribution is 2.30. The number of ether oxygens (including phenoxy) is 1. The molecular weight excluding hydrogens is 390 g/mol. The molecule has 0 amide bonds. The van der Waals surface area contributed by atoms with Crippen LogP contribution in [0.4, 0.5) is 0 Å². The normalized spacial score (nSPS) is 10.9. The summed E-state index contributed by atoms with van der Waals surface area (Å²) in [6.07, 6.45) is 1.34. The standard InChI is InChI=1S/C23H24ClNO4/c1-4-20-19(23(25-29-20)17-5-9-18(24)10-6-17)13-28-21-11-7-16(8-12-22(26)27)14(2)15(21)3/h5-7,9-11H,4,8,12-13H2,1-3H3,(H,26,27). The van der Waals surface area contributed by atoms with Gasteiger partial charge in [-0.05, 0) is 55.2 Å². The number of aromatic nitrogens is 1. The Labute approximate surface area is 175 Å². The Balaban J connectivity index is 1.83. The number of carboxylic acids is 1. The molecule has 0 radical (unpaired) electrons. The number of aliphatic carboxylic acids is 1. The van der Waals surface area contributed by atoms with E-state index in [0.717, 1.165) is 45.0 Å². The Morgan fingerprint density at radius 2 is 1.86 bits per heavy atom. The number of hydrogen-bond acceptors (Lipinski definition) is 4. The van der Waals surface area contributed by atoms with Gasteiger partial charge >= 0.3 is 5.97 Å². The lowest BCUT2D eigenvalue weighted by molar-refractivity contribution is -0.136. The van der Waals surface area contributed by atoms with Crippen molar-refractivity contribution in [3.8, 4) is 17.0 Å². The molecule has 1 N–H and O–H groups in total. The molecule has 3 rings (SSSR count). The first-order valence-corrected chi connectivity index (χ1v) is 9.95. The topological polar surface area (TPSA) is 72.6 Å². The Kier molecular flexibility index (Phi) is 6.60. The zero-order valence-electron chi connectivity index (χ0n) is 16.8. The average molecular weight is 414 g/mol. The van der Waals surface area contributed by atoms with E-state index in [1.54, 1.807) is 0 Å². The van der Waals surface area contributed by atoms with Gasteiger partial charge in [-0.15, -0.1) is 0 Å². The third kappa shape index (κ3) is 4.80. The smallest absolute Gasteiger partial charge is 0.303 e. The van der Waals surface area contributed by atoms with E-state index >= 15 is 0 Å². The van der Waals surface area contributed by atoms with E-state index in [9.17, 15) is 4.79 Å². The maximum Gasteiger partial charge on any atom is 0.303 e. The number of benzene rings is 2. The molecular formula is C23H24ClNO4. The molecule has 6 heteroatoms. The second-order valence-corrected chi connectivity index (χ2v) is 7.39. The lowest BCUT2D eigenvalue weighted by atomic mass is 9.99. The first kappa shape index (κ1) is 20.9. The Morgan fingerprint density at radius 3 is 2.52 bits per heavy atom. The van der Waals surface area contributed by atoms with Gasteiger partial charge in [0.1, 0.15) is 23.8 Å². The van der Waals surface area contributed by atoms with Gasteiger partial charge in [0.25, 0.3) is 0 Å². The molecule has 0 atom stereocenters. The number of aryl methyl sites for hydroxylation is 2. The van der Waals surface area contributed by atoms with Crippen molar-refractivity contribution >= 4 is 17.6 Å². The molecule has 2 aromatic carbocycles. The Hall–Kier alpha value is -2.79. The number of hydrogen-bond donors (Lipinski definition) is 1. The molecule has 1 heterocycles. The van der Waals surface area contributed by atoms with Crippen LogP contribution >= 0.6 is 11.6 Å². The highest BCUT2D eigenvalue weighted by Gasteiger charge is 2.18. The van der Waals surface area contributed by atoms with Crippen LogP contribution in [0.2, 0.25) is 5.02 Å². The highest BCUT2D eigenvalue weighted by atomic mass is 35.5. The van der Waals surface area contributed by atoms with Gasteiger partial charge in [-0.25, -0.2) is 0 Å². The van der Waals surface area contributed by atoms with Crippen LogP contribution in [0.5, 0.6) is 5.75 Å². The molecule has 29 heavy (non-hydrogen) atoms. The van der Waals surface area contributed by atoms with Crippen molar-refractivity contribution in [1.82, 2.24) is 5.16 Å². The summed E-state index contributed by atoms with van der Waals surface area (Å²) in [5.41, 5.74) is 5.69. The van der Waals surface area contributed by atoms with Gasteiger partial charge < -0.3 is 14.4 Å². The van der Waals surface area contributed by atoms with Crippen LogP contribution in [0.3, 0.4) is 0 Å². The highest BCUT2D eigenvalue weighted by molar-refractivity contribution is 6.30. The largest absolute Gasteiger partial charge is 0.488 e. The van der Waals surface area contributed by atoms with E-state index in [-0.39, 0.29) is 6.42 Å². The van der Waals surface area contributed by atoms with Gasteiger partial charge in [0.2, 0.25) is 0 Å². The lowest BCUT2D eigenvalue weighted by Crippen LogP contribution is -2.04. The SMILES string of the molecule is CCc1onc(-c2ccc(Cl)cc2)c1COc1ccc(CCC(=O)O)c(C)c1C. The molecule has 5 nitrogen and oxygen atoms in total. The van der Waals surface area contributed by atoms with Crippen LogP contribution in [-0.4, -0.2) is 16.2 Å². The molecule has 0 saturated heterocycles. The van der Waals surface area contributed by atoms with Crippen LogP contribution in [0.1, 0.15) is 41.4 Å². The summed E-state index contributed by atoms with van der Waals surface area (Å²) in [6, 6.07) is 11.3. The maximum absolute atomic E-state index is 10.9. The minimum Gasteiger partial charge on any atom is -0.488 e. The van der Waals surface area contributed by atoms with Gasteiger partial charge in [-0.3, -0.25) is 4.79 Å². The molecule has 3 aromatic rings. The minimum absolute atomic E-state index is 0.117. The minimum atomic E-state index is -0.795. The Morgan fingerprint density at radius 1 is 1.14 bits per heavy atom. The zero-order chi connectivity index (χ0) is 21.0. The molecule has 0 aliphatic rings. The second-order valence-electron chi connectivity index (χ2n) is 6.95. The fourth-order valence-corrected chi connectivity index (χ4v) is 3.40. The van der Waals surface area contributed by atoms with Crippen molar-refractivity contribution in [2.45, 2.75) is 46.6 Å². The molecule has 0 saturated carbocycles. The summed E-state index contributed by atoms with van der Waals surface area (Å²) in [7, 11) is 0. The van der Waals surface area contributed by atoms with E-state index < -0.39 is 5.97 Å². The van der Waals surface area contributed by atoms with Gasteiger partial charge in [-0.1, -0.05) is 41.9 Å². The summed E-state index contributed by atoms with van der Waals surface area (Å²) in [5.74, 6) is 0.769. The van der Waals surface area contributed by atoms with E-state index in [1.807, 2.05) is 57.2 Å². The van der Waals surface area contributed by atoms with Crippen molar-refractivity contribution in [1.29, 1.82) is 0 Å². The van der Waals surface area contributed by atoms with E-state index in [1.165, 1.54) is 0 Å². The monoisotopic (exact) mass is 413 g/mol. The zero-order valence-corrected chi connectivity index (χ0v) is 17.5. The number of rotatable bonds is 8. The van der Waals surface area contributed by atoms with Gasteiger partial charge in [0.15, 0.2) is 0 Å². The predicted molar refractivity (Wildman–Crippen MR) is 113 cm³/mol. The molecule has 0 aliphatic carbocycles. The van der Waals surface area contributed by atoms with E-state index in [4.69, 9.17) is 26.0 Å². The third-order valence-corrected chi connectivity index (χ3v) is 5.39. The molecule has 0 spiro atoms. The summed E-state index contributed by atoms with van der Waals surface area (Å²) >= 11 is 6.00. The van der Waals surface area contributed by atoms with Crippen LogP contribution in [0, 0.1) is 13.8 Å². The molecule has 0 aliphatic heterocycles. The van der Waals surface area contributed by atoms with Crippen molar-refractivity contribution < 1.29 is 19.2 Å². The van der Waals surface area contributed by atoms with Crippen LogP contribution in [0.15, 0.2) is 40.9 Å². The van der Waals surface area contributed by atoms with Gasteiger partial charge in [-0.2, -0.15) is 0 Å². The number of carbonyl (C=O) groups is 1. The predicted octanol–water partition coefficient (Wildman–Crippen LogP) is 5.77. The maximum atomic E-state index is 10.9. The van der Waals surface area contributed by atoms with Crippen molar-refractivity contribution in [2.24, 2.45) is 0 Å². The summed E-state index contributed by atoms with van der Waals surface area (Å²) in [4.78, 5) is 10.9. The summed E-state index contributed by atoms with van der Waals surface area (Å²) in [5, 5.41) is 13.8. The first-order valence-electron chi connectivity index (χ1n) is 9.57. The molecule has 152 valence electrons. The average Bonchev–Trinajstić information content (AvgIpc) is 3.11. The number of nitrogens with zero attached hydrogens (tertiary/aromatic N) is 1. The molecule has 0 bridgehead atoms. The lowest BCUT2D eigenvalue weighted by Gasteiger charge is -2.14. The van der Waals surface area contributed by atoms with Crippen LogP contribution in [0.25, 0.3) is 11.3 Å². The summed E-state index contributed by atoms with van der Waals surface area (Å²) in [6.45, 7) is 6.33. The van der Waals surface area contributed by atoms with Gasteiger partial charge in [0.05, 0.1) is 5.56 Å². The number of carboxylic acid groups (broad SMARTS) is 1. The fraction of sp³-hybridized carbons (Fsp3) is 0.304. The molecule has 0 fully saturated rings. The molecule has 1 aromatic heterocycles. The van der Waals surface area contributed by atoms with Gasteiger partial charge in [0, 0.05) is 23.4 Å². The van der Waals surface area contributed by atoms with Crippen molar-refractivity contribution in [2.75, 3.05) is 0 Å². The third-order valence-electron chi connectivity index (χ3n) is 5.14. The fourth-order valence-electron chi connectivity index (χ4n) is 3.28. The number of halogens is 1. The van der Waals surface area contributed by atoms with E-state index in [0.29, 0.717) is 24.5 Å². The van der Waals surface area contributed by atoms with Crippen molar-refractivity contribution in [3.05, 3.63) is 69.4 Å². The first-order chi connectivity index (χ1) is 13.9. The van der Waals surface area contributed by atoms with Crippen LogP contribution in [-0.2, 0) is 24.2 Å². The quantitative estimate of drug-likeness (QED) is 0.507.